The number of benzene rings is 1. The number of fused-ring (bicyclic) bond motifs is 1. The first-order chi connectivity index (χ1) is 9.81. The van der Waals surface area contributed by atoms with Crippen molar-refractivity contribution in [1.82, 2.24) is 14.5 Å². The van der Waals surface area contributed by atoms with Crippen molar-refractivity contribution in [3.8, 4) is 5.75 Å². The highest BCUT2D eigenvalue weighted by atomic mass is 35.5. The van der Waals surface area contributed by atoms with Gasteiger partial charge >= 0.3 is 0 Å². The lowest BCUT2D eigenvalue weighted by Gasteiger charge is -2.06. The Morgan fingerprint density at radius 1 is 1.40 bits per heavy atom. The number of methoxy groups -OCH3 is 1. The second kappa shape index (κ2) is 5.81. The number of rotatable bonds is 5. The van der Waals surface area contributed by atoms with Gasteiger partial charge in [0.1, 0.15) is 11.6 Å². The van der Waals surface area contributed by atoms with Crippen molar-refractivity contribution >= 4 is 34.0 Å². The summed E-state index contributed by atoms with van der Waals surface area (Å²) < 4.78 is 7.39. The molecular weight excluding hydrogens is 294 g/mol. The standard InChI is InChI=1S/C14H14ClN3OS/c1-19-11-2-3-13-12(6-11)17-14(7-15)18(13)5-4-10-8-20-9-16-10/h2-3,6,8-9H,4-5,7H2,1H3. The number of imidazole rings is 1. The normalized spacial score (nSPS) is 11.1. The van der Waals surface area contributed by atoms with Crippen LogP contribution in [0.4, 0.5) is 0 Å². The van der Waals surface area contributed by atoms with Gasteiger partial charge in [0.15, 0.2) is 0 Å². The number of halogens is 1. The van der Waals surface area contributed by atoms with Crippen molar-refractivity contribution in [1.29, 1.82) is 0 Å². The molecule has 1 aromatic carbocycles. The molecule has 0 unspecified atom stereocenters. The molecular formula is C14H14ClN3OS. The van der Waals surface area contributed by atoms with Gasteiger partial charge < -0.3 is 9.30 Å². The highest BCUT2D eigenvalue weighted by Gasteiger charge is 2.11. The van der Waals surface area contributed by atoms with Gasteiger partial charge in [-0.15, -0.1) is 22.9 Å². The van der Waals surface area contributed by atoms with Crippen LogP contribution >= 0.6 is 22.9 Å². The van der Waals surface area contributed by atoms with E-state index >= 15 is 0 Å². The van der Waals surface area contributed by atoms with Crippen molar-refractivity contribution < 1.29 is 4.74 Å². The van der Waals surface area contributed by atoms with Gasteiger partial charge in [-0.2, -0.15) is 0 Å². The molecule has 0 N–H and O–H groups in total. The predicted molar refractivity (Wildman–Crippen MR) is 81.7 cm³/mol. The van der Waals surface area contributed by atoms with Crippen LogP contribution in [0.5, 0.6) is 5.75 Å². The molecule has 104 valence electrons. The third kappa shape index (κ3) is 2.51. The number of nitrogens with zero attached hydrogens (tertiary/aromatic N) is 3. The van der Waals surface area contributed by atoms with E-state index in [0.29, 0.717) is 5.88 Å². The molecule has 2 aromatic heterocycles. The maximum atomic E-state index is 6.01. The fourth-order valence-electron chi connectivity index (χ4n) is 2.23. The van der Waals surface area contributed by atoms with Gasteiger partial charge in [0, 0.05) is 24.4 Å². The fraction of sp³-hybridized carbons (Fsp3) is 0.286. The van der Waals surface area contributed by atoms with Crippen LogP contribution < -0.4 is 4.74 Å². The van der Waals surface area contributed by atoms with E-state index < -0.39 is 0 Å². The SMILES string of the molecule is COc1ccc2c(c1)nc(CCl)n2CCc1cscn1. The molecule has 0 radical (unpaired) electrons. The lowest BCUT2D eigenvalue weighted by molar-refractivity contribution is 0.415. The van der Waals surface area contributed by atoms with Crippen LogP contribution in [0.1, 0.15) is 11.5 Å². The van der Waals surface area contributed by atoms with Crippen LogP contribution in [0.15, 0.2) is 29.1 Å². The smallest absolute Gasteiger partial charge is 0.124 e. The summed E-state index contributed by atoms with van der Waals surface area (Å²) in [7, 11) is 1.66. The Morgan fingerprint density at radius 3 is 3.00 bits per heavy atom. The monoisotopic (exact) mass is 307 g/mol. The number of thiazole rings is 1. The Balaban J connectivity index is 1.95. The van der Waals surface area contributed by atoms with Gasteiger partial charge in [-0.3, -0.25) is 0 Å². The first kappa shape index (κ1) is 13.4. The Hall–Kier alpha value is -1.59. The largest absolute Gasteiger partial charge is 0.497 e. The van der Waals surface area contributed by atoms with Crippen molar-refractivity contribution in [2.24, 2.45) is 0 Å². The van der Waals surface area contributed by atoms with Crippen LogP contribution in [0.3, 0.4) is 0 Å². The lowest BCUT2D eigenvalue weighted by atomic mass is 10.3. The fourth-order valence-corrected chi connectivity index (χ4v) is 3.02. The van der Waals surface area contributed by atoms with E-state index in [1.807, 2.05) is 23.7 Å². The molecule has 0 amide bonds. The van der Waals surface area contributed by atoms with Crippen LogP contribution in [0.2, 0.25) is 0 Å². The second-order valence-corrected chi connectivity index (χ2v) is 5.38. The minimum Gasteiger partial charge on any atom is -0.497 e. The first-order valence-electron chi connectivity index (χ1n) is 6.28. The summed E-state index contributed by atoms with van der Waals surface area (Å²) in [4.78, 5) is 8.88. The third-order valence-corrected chi connectivity index (χ3v) is 4.10. The summed E-state index contributed by atoms with van der Waals surface area (Å²) in [6.45, 7) is 0.828. The highest BCUT2D eigenvalue weighted by molar-refractivity contribution is 7.07. The number of ether oxygens (including phenoxy) is 1. The maximum Gasteiger partial charge on any atom is 0.124 e. The number of alkyl halides is 1. The minimum absolute atomic E-state index is 0.397. The van der Waals surface area contributed by atoms with E-state index in [0.717, 1.165) is 41.3 Å². The van der Waals surface area contributed by atoms with E-state index in [9.17, 15) is 0 Å². The molecule has 0 aliphatic carbocycles. The molecule has 4 nitrogen and oxygen atoms in total. The van der Waals surface area contributed by atoms with Crippen LogP contribution in [-0.2, 0) is 18.8 Å². The average Bonchev–Trinajstić information content (AvgIpc) is 3.11. The summed E-state index contributed by atoms with van der Waals surface area (Å²) in [6, 6.07) is 5.91. The van der Waals surface area contributed by atoms with E-state index in [-0.39, 0.29) is 0 Å². The topological polar surface area (TPSA) is 39.9 Å². The van der Waals surface area contributed by atoms with Crippen molar-refractivity contribution in [2.75, 3.05) is 7.11 Å². The van der Waals surface area contributed by atoms with Gasteiger partial charge in [-0.1, -0.05) is 0 Å². The molecule has 3 rings (SSSR count). The van der Waals surface area contributed by atoms with Gasteiger partial charge in [-0.25, -0.2) is 9.97 Å². The molecule has 2 heterocycles. The number of hydrogen-bond donors (Lipinski definition) is 0. The van der Waals surface area contributed by atoms with Gasteiger partial charge in [0.05, 0.1) is 35.2 Å². The molecule has 3 aromatic rings. The van der Waals surface area contributed by atoms with Gasteiger partial charge in [0.25, 0.3) is 0 Å². The molecule has 0 saturated carbocycles. The van der Waals surface area contributed by atoms with E-state index in [4.69, 9.17) is 16.3 Å². The van der Waals surface area contributed by atoms with Crippen LogP contribution in [0, 0.1) is 0 Å². The summed E-state index contributed by atoms with van der Waals surface area (Å²) >= 11 is 7.63. The minimum atomic E-state index is 0.397. The zero-order valence-corrected chi connectivity index (χ0v) is 12.6. The van der Waals surface area contributed by atoms with Crippen molar-refractivity contribution in [2.45, 2.75) is 18.8 Å². The molecule has 0 bridgehead atoms. The van der Waals surface area contributed by atoms with E-state index in [2.05, 4.69) is 19.9 Å². The van der Waals surface area contributed by atoms with Gasteiger partial charge in [0.2, 0.25) is 0 Å². The first-order valence-corrected chi connectivity index (χ1v) is 7.75. The van der Waals surface area contributed by atoms with E-state index in [1.165, 1.54) is 0 Å². The predicted octanol–water partition coefficient (Wildman–Crippen LogP) is 3.48. The summed E-state index contributed by atoms with van der Waals surface area (Å²) in [5.74, 6) is 2.08. The van der Waals surface area contributed by atoms with Crippen LogP contribution in [-0.4, -0.2) is 21.6 Å². The quantitative estimate of drug-likeness (QED) is 0.678. The molecule has 0 spiro atoms. The highest BCUT2D eigenvalue weighted by Crippen LogP contribution is 2.23. The molecule has 0 saturated heterocycles. The van der Waals surface area contributed by atoms with Gasteiger partial charge in [-0.05, 0) is 12.1 Å². The molecule has 20 heavy (non-hydrogen) atoms. The number of aromatic nitrogens is 3. The number of aryl methyl sites for hydroxylation is 2. The molecule has 0 aliphatic rings. The van der Waals surface area contributed by atoms with Crippen molar-refractivity contribution in [3.63, 3.8) is 0 Å². The van der Waals surface area contributed by atoms with Crippen LogP contribution in [0.25, 0.3) is 11.0 Å². The Kier molecular flexibility index (Phi) is 3.89. The Bertz CT molecular complexity index is 709. The number of hydrogen-bond acceptors (Lipinski definition) is 4. The molecule has 0 fully saturated rings. The molecule has 6 heteroatoms. The lowest BCUT2D eigenvalue weighted by Crippen LogP contribution is -2.05. The summed E-state index contributed by atoms with van der Waals surface area (Å²) in [5, 5.41) is 2.07. The van der Waals surface area contributed by atoms with E-state index in [1.54, 1.807) is 18.4 Å². The average molecular weight is 308 g/mol. The summed E-state index contributed by atoms with van der Waals surface area (Å²) in [6.07, 6.45) is 0.880. The van der Waals surface area contributed by atoms with Crippen molar-refractivity contribution in [3.05, 3.63) is 40.6 Å². The zero-order chi connectivity index (χ0) is 13.9. The summed E-state index contributed by atoms with van der Waals surface area (Å²) in [5.41, 5.74) is 4.95. The Morgan fingerprint density at radius 2 is 2.30 bits per heavy atom. The zero-order valence-electron chi connectivity index (χ0n) is 11.0. The second-order valence-electron chi connectivity index (χ2n) is 4.40. The molecule has 0 atom stereocenters. The molecule has 0 aliphatic heterocycles. The Labute approximate surface area is 126 Å². The maximum absolute atomic E-state index is 6.01. The third-order valence-electron chi connectivity index (χ3n) is 3.23.